The van der Waals surface area contributed by atoms with Crippen LogP contribution in [-0.2, 0) is 0 Å². The molecule has 0 aromatic heterocycles. The van der Waals surface area contributed by atoms with E-state index in [1.165, 1.54) is 0 Å². The van der Waals surface area contributed by atoms with Crippen LogP contribution in [0.25, 0.3) is 0 Å². The highest BCUT2D eigenvalue weighted by Crippen LogP contribution is 2.25. The van der Waals surface area contributed by atoms with E-state index in [1.54, 1.807) is 12.1 Å². The molecule has 2 aromatic carbocycles. The van der Waals surface area contributed by atoms with Gasteiger partial charge in [0.25, 0.3) is 0 Å². The van der Waals surface area contributed by atoms with E-state index in [2.05, 4.69) is 0 Å². The average Bonchev–Trinajstić information content (AvgIpc) is 2.42. The fourth-order valence-electron chi connectivity index (χ4n) is 2.08. The minimum Gasteiger partial charge on any atom is -0.508 e. The molecule has 0 heterocycles. The van der Waals surface area contributed by atoms with Gasteiger partial charge in [0.15, 0.2) is 5.78 Å². The van der Waals surface area contributed by atoms with E-state index < -0.39 is 0 Å². The quantitative estimate of drug-likeness (QED) is 0.826. The van der Waals surface area contributed by atoms with Crippen molar-refractivity contribution in [1.29, 1.82) is 0 Å². The van der Waals surface area contributed by atoms with Crippen molar-refractivity contribution in [3.63, 3.8) is 0 Å². The second-order valence-corrected chi connectivity index (χ2v) is 4.28. The lowest BCUT2D eigenvalue weighted by atomic mass is 9.88. The first-order valence-corrected chi connectivity index (χ1v) is 6.10. The SMILES string of the molecule is CCC(C(=O)c1ccccc1)c1ccc(O)cc1. The van der Waals surface area contributed by atoms with Crippen LogP contribution in [0.3, 0.4) is 0 Å². The molecule has 1 unspecified atom stereocenters. The Morgan fingerprint density at radius 1 is 1.06 bits per heavy atom. The van der Waals surface area contributed by atoms with Crippen LogP contribution < -0.4 is 0 Å². The lowest BCUT2D eigenvalue weighted by molar-refractivity contribution is 0.0957. The van der Waals surface area contributed by atoms with Crippen LogP contribution in [0.2, 0.25) is 0 Å². The van der Waals surface area contributed by atoms with E-state index in [-0.39, 0.29) is 17.5 Å². The van der Waals surface area contributed by atoms with Crippen molar-refractivity contribution in [2.24, 2.45) is 0 Å². The molecule has 0 aliphatic rings. The predicted octanol–water partition coefficient (Wildman–Crippen LogP) is 3.77. The Labute approximate surface area is 107 Å². The Bertz CT molecular complexity index is 515. The molecule has 2 aromatic rings. The molecule has 2 heteroatoms. The third-order valence-electron chi connectivity index (χ3n) is 3.08. The Balaban J connectivity index is 2.29. The number of Topliss-reactive ketones (excluding diaryl/α,β-unsaturated/α-hetero) is 1. The van der Waals surface area contributed by atoms with Crippen LogP contribution in [-0.4, -0.2) is 10.9 Å². The van der Waals surface area contributed by atoms with Crippen LogP contribution in [0, 0.1) is 0 Å². The normalized spacial score (nSPS) is 12.1. The highest BCUT2D eigenvalue weighted by atomic mass is 16.3. The summed E-state index contributed by atoms with van der Waals surface area (Å²) in [4.78, 5) is 12.4. The summed E-state index contributed by atoms with van der Waals surface area (Å²) in [5.74, 6) is 0.206. The predicted molar refractivity (Wildman–Crippen MR) is 71.9 cm³/mol. The van der Waals surface area contributed by atoms with E-state index in [1.807, 2.05) is 49.4 Å². The molecule has 1 N–H and O–H groups in total. The van der Waals surface area contributed by atoms with Gasteiger partial charge in [-0.15, -0.1) is 0 Å². The highest BCUT2D eigenvalue weighted by molar-refractivity contribution is 6.00. The number of phenolic OH excluding ortho intramolecular Hbond substituents is 1. The van der Waals surface area contributed by atoms with Crippen molar-refractivity contribution < 1.29 is 9.90 Å². The second-order valence-electron chi connectivity index (χ2n) is 4.28. The van der Waals surface area contributed by atoms with Gasteiger partial charge in [0.2, 0.25) is 0 Å². The standard InChI is InChI=1S/C16H16O2/c1-2-15(12-8-10-14(17)11-9-12)16(18)13-6-4-3-5-7-13/h3-11,15,17H,2H2,1H3. The zero-order valence-corrected chi connectivity index (χ0v) is 10.3. The van der Waals surface area contributed by atoms with Crippen LogP contribution >= 0.6 is 0 Å². The van der Waals surface area contributed by atoms with Crippen molar-refractivity contribution >= 4 is 5.78 Å². The molecule has 18 heavy (non-hydrogen) atoms. The molecule has 0 bridgehead atoms. The van der Waals surface area contributed by atoms with E-state index in [0.29, 0.717) is 0 Å². The number of benzene rings is 2. The van der Waals surface area contributed by atoms with Crippen molar-refractivity contribution in [2.45, 2.75) is 19.3 Å². The van der Waals surface area contributed by atoms with Crippen LogP contribution in [0.15, 0.2) is 54.6 Å². The molecule has 92 valence electrons. The zero-order valence-electron chi connectivity index (χ0n) is 10.3. The van der Waals surface area contributed by atoms with Gasteiger partial charge in [0.05, 0.1) is 0 Å². The van der Waals surface area contributed by atoms with Crippen LogP contribution in [0.5, 0.6) is 5.75 Å². The van der Waals surface area contributed by atoms with Gasteiger partial charge in [0.1, 0.15) is 5.75 Å². The molecule has 0 amide bonds. The molecule has 0 saturated heterocycles. The topological polar surface area (TPSA) is 37.3 Å². The van der Waals surface area contributed by atoms with Gasteiger partial charge < -0.3 is 5.11 Å². The van der Waals surface area contributed by atoms with Gasteiger partial charge >= 0.3 is 0 Å². The maximum atomic E-state index is 12.4. The van der Waals surface area contributed by atoms with Crippen molar-refractivity contribution in [3.05, 3.63) is 65.7 Å². The monoisotopic (exact) mass is 240 g/mol. The lowest BCUT2D eigenvalue weighted by Gasteiger charge is -2.14. The van der Waals surface area contributed by atoms with Gasteiger partial charge in [-0.1, -0.05) is 49.4 Å². The van der Waals surface area contributed by atoms with Crippen LogP contribution in [0.1, 0.15) is 35.2 Å². The van der Waals surface area contributed by atoms with Crippen molar-refractivity contribution in [1.82, 2.24) is 0 Å². The highest BCUT2D eigenvalue weighted by Gasteiger charge is 2.19. The molecule has 0 saturated carbocycles. The fraction of sp³-hybridized carbons (Fsp3) is 0.188. The smallest absolute Gasteiger partial charge is 0.170 e. The van der Waals surface area contributed by atoms with Crippen molar-refractivity contribution in [3.8, 4) is 5.75 Å². The van der Waals surface area contributed by atoms with Crippen LogP contribution in [0.4, 0.5) is 0 Å². The Kier molecular flexibility index (Phi) is 3.78. The summed E-state index contributed by atoms with van der Waals surface area (Å²) in [6.45, 7) is 2.00. The van der Waals surface area contributed by atoms with Gasteiger partial charge in [-0.3, -0.25) is 4.79 Å². The maximum absolute atomic E-state index is 12.4. The number of hydrogen-bond donors (Lipinski definition) is 1. The maximum Gasteiger partial charge on any atom is 0.170 e. The third kappa shape index (κ3) is 2.59. The Hall–Kier alpha value is -2.09. The number of hydrogen-bond acceptors (Lipinski definition) is 2. The minimum absolute atomic E-state index is 0.129. The summed E-state index contributed by atoms with van der Waals surface area (Å²) < 4.78 is 0. The summed E-state index contributed by atoms with van der Waals surface area (Å²) in [6.07, 6.45) is 0.749. The molecule has 0 radical (unpaired) electrons. The summed E-state index contributed by atoms with van der Waals surface area (Å²) in [5, 5.41) is 9.28. The van der Waals surface area contributed by atoms with E-state index in [0.717, 1.165) is 17.5 Å². The van der Waals surface area contributed by atoms with Gasteiger partial charge in [-0.05, 0) is 24.1 Å². The molecular formula is C16H16O2. The first-order valence-electron chi connectivity index (χ1n) is 6.10. The number of phenols is 1. The third-order valence-corrected chi connectivity index (χ3v) is 3.08. The lowest BCUT2D eigenvalue weighted by Crippen LogP contribution is -2.12. The first kappa shape index (κ1) is 12.4. The molecule has 0 fully saturated rings. The Morgan fingerprint density at radius 3 is 2.22 bits per heavy atom. The first-order chi connectivity index (χ1) is 8.72. The number of carbonyl (C=O) groups excluding carboxylic acids is 1. The molecular weight excluding hydrogens is 224 g/mol. The molecule has 0 aliphatic heterocycles. The molecule has 1 atom stereocenters. The molecule has 0 aliphatic carbocycles. The largest absolute Gasteiger partial charge is 0.508 e. The van der Waals surface area contributed by atoms with Gasteiger partial charge in [-0.25, -0.2) is 0 Å². The number of carbonyl (C=O) groups is 1. The average molecular weight is 240 g/mol. The molecule has 2 nitrogen and oxygen atoms in total. The Morgan fingerprint density at radius 2 is 1.67 bits per heavy atom. The van der Waals surface area contributed by atoms with Crippen molar-refractivity contribution in [2.75, 3.05) is 0 Å². The fourth-order valence-corrected chi connectivity index (χ4v) is 2.08. The van der Waals surface area contributed by atoms with Gasteiger partial charge in [-0.2, -0.15) is 0 Å². The summed E-state index contributed by atoms with van der Waals surface area (Å²) in [6, 6.07) is 16.2. The summed E-state index contributed by atoms with van der Waals surface area (Å²) in [7, 11) is 0. The molecule has 2 rings (SSSR count). The zero-order chi connectivity index (χ0) is 13.0. The number of aromatic hydroxyl groups is 1. The minimum atomic E-state index is -0.145. The van der Waals surface area contributed by atoms with E-state index >= 15 is 0 Å². The second kappa shape index (κ2) is 5.50. The number of rotatable bonds is 4. The summed E-state index contributed by atoms with van der Waals surface area (Å²) >= 11 is 0. The van der Waals surface area contributed by atoms with Gasteiger partial charge in [0, 0.05) is 11.5 Å². The number of ketones is 1. The van der Waals surface area contributed by atoms with E-state index in [9.17, 15) is 9.90 Å². The summed E-state index contributed by atoms with van der Waals surface area (Å²) in [5.41, 5.74) is 1.68. The van der Waals surface area contributed by atoms with E-state index in [4.69, 9.17) is 0 Å². The molecule has 0 spiro atoms.